The Bertz CT molecular complexity index is 475. The summed E-state index contributed by atoms with van der Waals surface area (Å²) in [6.45, 7) is 4.79. The molecule has 5 nitrogen and oxygen atoms in total. The fraction of sp³-hybridized carbons (Fsp3) is 0.625. The number of nitrogens with zero attached hydrogens (tertiary/aromatic N) is 1. The number of aliphatic hydroxyl groups is 1. The van der Waals surface area contributed by atoms with Crippen molar-refractivity contribution in [1.29, 1.82) is 0 Å². The van der Waals surface area contributed by atoms with Crippen LogP contribution in [0.15, 0.2) is 18.3 Å². The lowest BCUT2D eigenvalue weighted by Gasteiger charge is -2.35. The summed E-state index contributed by atoms with van der Waals surface area (Å²) in [4.78, 5) is 15.7. The first-order valence-electron chi connectivity index (χ1n) is 7.62. The van der Waals surface area contributed by atoms with Crippen LogP contribution < -0.4 is 5.32 Å². The van der Waals surface area contributed by atoms with Crippen LogP contribution in [0.4, 0.5) is 5.82 Å². The fourth-order valence-electron chi connectivity index (χ4n) is 2.88. The second kappa shape index (κ2) is 6.89. The number of pyridine rings is 1. The van der Waals surface area contributed by atoms with Gasteiger partial charge in [-0.05, 0) is 37.8 Å². The summed E-state index contributed by atoms with van der Waals surface area (Å²) in [6.07, 6.45) is 5.39. The maximum Gasteiger partial charge on any atom is 0.339 e. The zero-order valence-corrected chi connectivity index (χ0v) is 12.8. The summed E-state index contributed by atoms with van der Waals surface area (Å²) in [5.41, 5.74) is -0.216. The van der Waals surface area contributed by atoms with Crippen molar-refractivity contribution >= 4 is 11.8 Å². The lowest BCUT2D eigenvalue weighted by molar-refractivity contribution is -0.000839. The van der Waals surface area contributed by atoms with Gasteiger partial charge in [0.2, 0.25) is 0 Å². The van der Waals surface area contributed by atoms with E-state index < -0.39 is 5.60 Å². The highest BCUT2D eigenvalue weighted by molar-refractivity contribution is 5.89. The Labute approximate surface area is 125 Å². The van der Waals surface area contributed by atoms with Crippen LogP contribution in [0.2, 0.25) is 0 Å². The maximum atomic E-state index is 11.5. The molecule has 0 saturated heterocycles. The highest BCUT2D eigenvalue weighted by Gasteiger charge is 2.32. The predicted molar refractivity (Wildman–Crippen MR) is 81.3 cm³/mol. The number of ether oxygens (including phenoxy) is 1. The van der Waals surface area contributed by atoms with E-state index in [0.717, 1.165) is 19.3 Å². The molecule has 1 aromatic heterocycles. The molecule has 0 amide bonds. The van der Waals surface area contributed by atoms with Crippen LogP contribution in [-0.2, 0) is 4.74 Å². The molecule has 0 radical (unpaired) electrons. The minimum atomic E-state index is -0.654. The molecule has 21 heavy (non-hydrogen) atoms. The predicted octanol–water partition coefficient (Wildman–Crippen LogP) is 2.61. The molecule has 1 aromatic rings. The van der Waals surface area contributed by atoms with Gasteiger partial charge in [-0.1, -0.05) is 19.8 Å². The molecular weight excluding hydrogens is 268 g/mol. The van der Waals surface area contributed by atoms with E-state index in [4.69, 9.17) is 4.74 Å². The Hall–Kier alpha value is -1.62. The van der Waals surface area contributed by atoms with E-state index in [1.807, 2.05) is 0 Å². The first kappa shape index (κ1) is 15.8. The molecule has 2 N–H and O–H groups in total. The second-order valence-electron chi connectivity index (χ2n) is 5.93. The van der Waals surface area contributed by atoms with Crippen molar-refractivity contribution in [1.82, 2.24) is 4.98 Å². The highest BCUT2D eigenvalue weighted by atomic mass is 16.5. The van der Waals surface area contributed by atoms with Crippen LogP contribution in [0.3, 0.4) is 0 Å². The number of carbonyl (C=O) groups excluding carboxylic acids is 1. The van der Waals surface area contributed by atoms with Gasteiger partial charge in [0.25, 0.3) is 0 Å². The van der Waals surface area contributed by atoms with Crippen molar-refractivity contribution in [3.8, 4) is 0 Å². The Morgan fingerprint density at radius 3 is 3.00 bits per heavy atom. The van der Waals surface area contributed by atoms with E-state index >= 15 is 0 Å². The number of anilines is 1. The van der Waals surface area contributed by atoms with Gasteiger partial charge in [0.05, 0.1) is 17.8 Å². The molecule has 1 fully saturated rings. The molecular formula is C16H24N2O3. The number of rotatable bonds is 5. The number of nitrogens with one attached hydrogen (secondary N) is 1. The van der Waals surface area contributed by atoms with E-state index in [-0.39, 0.29) is 5.97 Å². The van der Waals surface area contributed by atoms with Crippen molar-refractivity contribution in [2.75, 3.05) is 18.5 Å². The maximum absolute atomic E-state index is 11.5. The van der Waals surface area contributed by atoms with Gasteiger partial charge in [0, 0.05) is 12.7 Å². The van der Waals surface area contributed by atoms with Gasteiger partial charge in [0.15, 0.2) is 0 Å². The number of hydrogen-bond acceptors (Lipinski definition) is 5. The topological polar surface area (TPSA) is 71.5 Å². The van der Waals surface area contributed by atoms with Crippen LogP contribution in [0.1, 0.15) is 49.9 Å². The lowest BCUT2D eigenvalue weighted by atomic mass is 9.79. The number of esters is 1. The highest BCUT2D eigenvalue weighted by Crippen LogP contribution is 2.32. The van der Waals surface area contributed by atoms with E-state index in [0.29, 0.717) is 30.5 Å². The molecule has 2 unspecified atom stereocenters. The molecule has 2 atom stereocenters. The van der Waals surface area contributed by atoms with Crippen LogP contribution in [0.25, 0.3) is 0 Å². The van der Waals surface area contributed by atoms with Crippen LogP contribution in [0.5, 0.6) is 0 Å². The standard InChI is InChI=1S/C16H24N2O3/c1-3-21-15(19)13-6-7-14(17-10-13)18-11-16(20)8-4-5-12(2)9-16/h6-7,10,12,20H,3-5,8-9,11H2,1-2H3,(H,17,18). The number of carbonyl (C=O) groups is 1. The third-order valence-corrected chi connectivity index (χ3v) is 3.94. The number of aromatic nitrogens is 1. The molecule has 5 heteroatoms. The molecule has 0 aliphatic heterocycles. The van der Waals surface area contributed by atoms with E-state index in [2.05, 4.69) is 17.2 Å². The zero-order chi connectivity index (χ0) is 15.3. The summed E-state index contributed by atoms with van der Waals surface area (Å²) in [7, 11) is 0. The van der Waals surface area contributed by atoms with Crippen molar-refractivity contribution in [3.05, 3.63) is 23.9 Å². The fourth-order valence-corrected chi connectivity index (χ4v) is 2.88. The Morgan fingerprint density at radius 2 is 2.38 bits per heavy atom. The van der Waals surface area contributed by atoms with Gasteiger partial charge in [-0.2, -0.15) is 0 Å². The molecule has 1 aliphatic rings. The van der Waals surface area contributed by atoms with Gasteiger partial charge in [-0.25, -0.2) is 9.78 Å². The van der Waals surface area contributed by atoms with Gasteiger partial charge in [0.1, 0.15) is 5.82 Å². The van der Waals surface area contributed by atoms with Gasteiger partial charge < -0.3 is 15.2 Å². The number of hydrogen-bond donors (Lipinski definition) is 2. The van der Waals surface area contributed by atoms with Crippen molar-refractivity contribution < 1.29 is 14.6 Å². The summed E-state index contributed by atoms with van der Waals surface area (Å²) >= 11 is 0. The minimum Gasteiger partial charge on any atom is -0.462 e. The van der Waals surface area contributed by atoms with Crippen molar-refractivity contribution in [3.63, 3.8) is 0 Å². The molecule has 0 spiro atoms. The molecule has 116 valence electrons. The third kappa shape index (κ3) is 4.43. The summed E-state index contributed by atoms with van der Waals surface area (Å²) < 4.78 is 4.91. The lowest BCUT2D eigenvalue weighted by Crippen LogP contribution is -2.41. The van der Waals surface area contributed by atoms with Crippen LogP contribution in [-0.4, -0.2) is 34.8 Å². The SMILES string of the molecule is CCOC(=O)c1ccc(NCC2(O)CCCC(C)C2)nc1. The Kier molecular flexibility index (Phi) is 5.17. The van der Waals surface area contributed by atoms with E-state index in [1.54, 1.807) is 19.1 Å². The smallest absolute Gasteiger partial charge is 0.339 e. The van der Waals surface area contributed by atoms with Gasteiger partial charge >= 0.3 is 5.97 Å². The first-order valence-corrected chi connectivity index (χ1v) is 7.62. The van der Waals surface area contributed by atoms with Gasteiger partial charge in [-0.3, -0.25) is 0 Å². The minimum absolute atomic E-state index is 0.351. The molecule has 1 aliphatic carbocycles. The first-order chi connectivity index (χ1) is 10.0. The van der Waals surface area contributed by atoms with Crippen LogP contribution in [0, 0.1) is 5.92 Å². The van der Waals surface area contributed by atoms with E-state index in [1.165, 1.54) is 12.6 Å². The van der Waals surface area contributed by atoms with Crippen molar-refractivity contribution in [2.45, 2.75) is 45.1 Å². The molecule has 0 bridgehead atoms. The van der Waals surface area contributed by atoms with Crippen LogP contribution >= 0.6 is 0 Å². The van der Waals surface area contributed by atoms with E-state index in [9.17, 15) is 9.90 Å². The molecule has 1 saturated carbocycles. The Balaban J connectivity index is 1.90. The molecule has 1 heterocycles. The summed E-state index contributed by atoms with van der Waals surface area (Å²) in [6, 6.07) is 3.42. The summed E-state index contributed by atoms with van der Waals surface area (Å²) in [5, 5.41) is 13.7. The zero-order valence-electron chi connectivity index (χ0n) is 12.8. The molecule has 0 aromatic carbocycles. The second-order valence-corrected chi connectivity index (χ2v) is 5.93. The summed E-state index contributed by atoms with van der Waals surface area (Å²) in [5.74, 6) is 0.857. The largest absolute Gasteiger partial charge is 0.462 e. The third-order valence-electron chi connectivity index (χ3n) is 3.94. The quantitative estimate of drug-likeness (QED) is 0.816. The average Bonchev–Trinajstić information content (AvgIpc) is 2.46. The normalized spacial score (nSPS) is 25.4. The molecule has 2 rings (SSSR count). The Morgan fingerprint density at radius 1 is 1.57 bits per heavy atom. The average molecular weight is 292 g/mol. The van der Waals surface area contributed by atoms with Gasteiger partial charge in [-0.15, -0.1) is 0 Å². The van der Waals surface area contributed by atoms with Crippen molar-refractivity contribution in [2.24, 2.45) is 5.92 Å². The monoisotopic (exact) mass is 292 g/mol.